The van der Waals surface area contributed by atoms with Crippen molar-refractivity contribution in [2.45, 2.75) is 32.3 Å². The largest absolute Gasteiger partial charge is 0.378 e. The van der Waals surface area contributed by atoms with E-state index >= 15 is 0 Å². The Kier molecular flexibility index (Phi) is 3.87. The number of ether oxygens (including phenoxy) is 1. The summed E-state index contributed by atoms with van der Waals surface area (Å²) in [5, 5.41) is 3.22. The van der Waals surface area contributed by atoms with Crippen molar-refractivity contribution in [1.82, 2.24) is 5.32 Å². The Labute approximate surface area is 69.3 Å². The lowest BCUT2D eigenvalue weighted by Gasteiger charge is -2.18. The number of hydrogen-bond donors (Lipinski definition) is 1. The minimum Gasteiger partial charge on any atom is -0.378 e. The van der Waals surface area contributed by atoms with Crippen LogP contribution in [-0.4, -0.2) is 26.3 Å². The van der Waals surface area contributed by atoms with E-state index in [9.17, 15) is 0 Å². The molecule has 2 unspecified atom stereocenters. The van der Waals surface area contributed by atoms with E-state index in [4.69, 9.17) is 4.74 Å². The molecule has 1 aliphatic rings. The SMILES string of the molecule is CCOC1CCCC1CNC. The van der Waals surface area contributed by atoms with E-state index < -0.39 is 0 Å². The zero-order valence-corrected chi connectivity index (χ0v) is 7.60. The van der Waals surface area contributed by atoms with Crippen LogP contribution in [-0.2, 0) is 4.74 Å². The van der Waals surface area contributed by atoms with Gasteiger partial charge in [0.25, 0.3) is 0 Å². The molecule has 2 nitrogen and oxygen atoms in total. The minimum atomic E-state index is 0.535. The fraction of sp³-hybridized carbons (Fsp3) is 1.00. The highest BCUT2D eigenvalue weighted by Gasteiger charge is 2.26. The summed E-state index contributed by atoms with van der Waals surface area (Å²) in [6, 6.07) is 0. The summed E-state index contributed by atoms with van der Waals surface area (Å²) in [6.45, 7) is 4.06. The third-order valence-electron chi connectivity index (χ3n) is 2.44. The molecule has 1 saturated carbocycles. The maximum atomic E-state index is 5.63. The Morgan fingerprint density at radius 1 is 1.45 bits per heavy atom. The van der Waals surface area contributed by atoms with Crippen molar-refractivity contribution in [3.8, 4) is 0 Å². The van der Waals surface area contributed by atoms with Crippen LogP contribution < -0.4 is 5.32 Å². The van der Waals surface area contributed by atoms with Gasteiger partial charge in [-0.2, -0.15) is 0 Å². The molecule has 1 aliphatic carbocycles. The average Bonchev–Trinajstić information content (AvgIpc) is 2.39. The standard InChI is InChI=1S/C9H19NO/c1-3-11-9-6-4-5-8(9)7-10-2/h8-10H,3-7H2,1-2H3. The predicted octanol–water partition coefficient (Wildman–Crippen LogP) is 1.41. The maximum Gasteiger partial charge on any atom is 0.0615 e. The maximum absolute atomic E-state index is 5.63. The zero-order chi connectivity index (χ0) is 8.10. The van der Waals surface area contributed by atoms with Crippen LogP contribution in [0.3, 0.4) is 0 Å². The topological polar surface area (TPSA) is 21.3 Å². The lowest BCUT2D eigenvalue weighted by Crippen LogP contribution is -2.27. The van der Waals surface area contributed by atoms with Gasteiger partial charge < -0.3 is 10.1 Å². The van der Waals surface area contributed by atoms with Crippen molar-refractivity contribution in [2.75, 3.05) is 20.2 Å². The number of nitrogens with one attached hydrogen (secondary N) is 1. The van der Waals surface area contributed by atoms with Gasteiger partial charge in [-0.1, -0.05) is 6.42 Å². The third-order valence-corrected chi connectivity index (χ3v) is 2.44. The van der Waals surface area contributed by atoms with E-state index in [1.54, 1.807) is 0 Å². The third kappa shape index (κ3) is 2.46. The molecule has 0 aromatic heterocycles. The Hall–Kier alpha value is -0.0800. The lowest BCUT2D eigenvalue weighted by atomic mass is 10.1. The van der Waals surface area contributed by atoms with Gasteiger partial charge in [-0.3, -0.25) is 0 Å². The van der Waals surface area contributed by atoms with Gasteiger partial charge in [-0.25, -0.2) is 0 Å². The highest BCUT2D eigenvalue weighted by Crippen LogP contribution is 2.27. The molecule has 1 rings (SSSR count). The van der Waals surface area contributed by atoms with Gasteiger partial charge in [0.2, 0.25) is 0 Å². The summed E-state index contributed by atoms with van der Waals surface area (Å²) in [4.78, 5) is 0. The molecule has 0 amide bonds. The molecule has 0 spiro atoms. The molecular formula is C9H19NO. The van der Waals surface area contributed by atoms with E-state index in [1.807, 2.05) is 7.05 Å². The monoisotopic (exact) mass is 157 g/mol. The van der Waals surface area contributed by atoms with Gasteiger partial charge in [0.05, 0.1) is 6.10 Å². The first-order valence-electron chi connectivity index (χ1n) is 4.64. The van der Waals surface area contributed by atoms with E-state index in [1.165, 1.54) is 19.3 Å². The van der Waals surface area contributed by atoms with Gasteiger partial charge in [0, 0.05) is 13.2 Å². The van der Waals surface area contributed by atoms with Gasteiger partial charge >= 0.3 is 0 Å². The van der Waals surface area contributed by atoms with Gasteiger partial charge in [-0.05, 0) is 32.7 Å². The van der Waals surface area contributed by atoms with Gasteiger partial charge in [-0.15, -0.1) is 0 Å². The van der Waals surface area contributed by atoms with Crippen molar-refractivity contribution < 1.29 is 4.74 Å². The van der Waals surface area contributed by atoms with Crippen LogP contribution in [0, 0.1) is 5.92 Å². The van der Waals surface area contributed by atoms with E-state index in [2.05, 4.69) is 12.2 Å². The highest BCUT2D eigenvalue weighted by atomic mass is 16.5. The predicted molar refractivity (Wildman–Crippen MR) is 46.7 cm³/mol. The van der Waals surface area contributed by atoms with E-state index in [0.717, 1.165) is 19.1 Å². The molecule has 2 atom stereocenters. The summed E-state index contributed by atoms with van der Waals surface area (Å²) in [6.07, 6.45) is 4.48. The lowest BCUT2D eigenvalue weighted by molar-refractivity contribution is 0.0369. The average molecular weight is 157 g/mol. The Balaban J connectivity index is 2.25. The quantitative estimate of drug-likeness (QED) is 0.666. The fourth-order valence-electron chi connectivity index (χ4n) is 1.93. The Morgan fingerprint density at radius 3 is 2.91 bits per heavy atom. The summed E-state index contributed by atoms with van der Waals surface area (Å²) in [7, 11) is 2.02. The molecule has 2 heteroatoms. The second-order valence-corrected chi connectivity index (χ2v) is 3.24. The van der Waals surface area contributed by atoms with E-state index in [-0.39, 0.29) is 0 Å². The van der Waals surface area contributed by atoms with Crippen LogP contribution >= 0.6 is 0 Å². The van der Waals surface area contributed by atoms with Gasteiger partial charge in [0.1, 0.15) is 0 Å². The number of hydrogen-bond acceptors (Lipinski definition) is 2. The molecule has 0 saturated heterocycles. The summed E-state index contributed by atoms with van der Waals surface area (Å²) in [5.41, 5.74) is 0. The molecular weight excluding hydrogens is 138 g/mol. The Morgan fingerprint density at radius 2 is 2.27 bits per heavy atom. The highest BCUT2D eigenvalue weighted by molar-refractivity contribution is 4.79. The first-order valence-corrected chi connectivity index (χ1v) is 4.64. The molecule has 0 aliphatic heterocycles. The van der Waals surface area contributed by atoms with Crippen molar-refractivity contribution in [1.29, 1.82) is 0 Å². The second kappa shape index (κ2) is 4.73. The normalized spacial score (nSPS) is 31.1. The van der Waals surface area contributed by atoms with Crippen molar-refractivity contribution in [3.63, 3.8) is 0 Å². The molecule has 0 aromatic carbocycles. The van der Waals surface area contributed by atoms with Crippen LogP contribution in [0.25, 0.3) is 0 Å². The molecule has 1 N–H and O–H groups in total. The molecule has 0 heterocycles. The van der Waals surface area contributed by atoms with Crippen LogP contribution in [0.1, 0.15) is 26.2 Å². The molecule has 0 bridgehead atoms. The summed E-state index contributed by atoms with van der Waals surface area (Å²) >= 11 is 0. The molecule has 0 aromatic rings. The van der Waals surface area contributed by atoms with Gasteiger partial charge in [0.15, 0.2) is 0 Å². The summed E-state index contributed by atoms with van der Waals surface area (Å²) < 4.78 is 5.63. The van der Waals surface area contributed by atoms with Crippen LogP contribution in [0.5, 0.6) is 0 Å². The van der Waals surface area contributed by atoms with Crippen LogP contribution in [0.15, 0.2) is 0 Å². The second-order valence-electron chi connectivity index (χ2n) is 3.24. The number of rotatable bonds is 4. The van der Waals surface area contributed by atoms with Crippen molar-refractivity contribution in [3.05, 3.63) is 0 Å². The smallest absolute Gasteiger partial charge is 0.0615 e. The van der Waals surface area contributed by atoms with Crippen LogP contribution in [0.4, 0.5) is 0 Å². The molecule has 66 valence electrons. The Bertz CT molecular complexity index is 93.7. The first-order chi connectivity index (χ1) is 5.38. The zero-order valence-electron chi connectivity index (χ0n) is 7.60. The first kappa shape index (κ1) is 9.01. The van der Waals surface area contributed by atoms with E-state index in [0.29, 0.717) is 6.10 Å². The minimum absolute atomic E-state index is 0.535. The molecule has 0 radical (unpaired) electrons. The fourth-order valence-corrected chi connectivity index (χ4v) is 1.93. The van der Waals surface area contributed by atoms with Crippen molar-refractivity contribution >= 4 is 0 Å². The summed E-state index contributed by atoms with van der Waals surface area (Å²) in [5.74, 6) is 0.764. The van der Waals surface area contributed by atoms with Crippen molar-refractivity contribution in [2.24, 2.45) is 5.92 Å². The molecule has 1 fully saturated rings. The molecule has 11 heavy (non-hydrogen) atoms. The van der Waals surface area contributed by atoms with Crippen LogP contribution in [0.2, 0.25) is 0 Å².